The van der Waals surface area contributed by atoms with Crippen LogP contribution in [0.1, 0.15) is 479 Å². The number of benzene rings is 4. The van der Waals surface area contributed by atoms with Gasteiger partial charge in [0, 0.05) is 16.7 Å². The third-order valence-electron chi connectivity index (χ3n) is 19.6. The van der Waals surface area contributed by atoms with Gasteiger partial charge in [-0.15, -0.1) is 22.9 Å². The van der Waals surface area contributed by atoms with Crippen LogP contribution in [-0.4, -0.2) is 19.4 Å². The molecule has 0 radical (unpaired) electrons. The molecule has 2 saturated carbocycles. The lowest BCUT2D eigenvalue weighted by Crippen LogP contribution is -2.26. The van der Waals surface area contributed by atoms with Crippen LogP contribution in [-0.2, 0) is 32.5 Å². The van der Waals surface area contributed by atoms with Crippen molar-refractivity contribution in [3.63, 3.8) is 0 Å². The van der Waals surface area contributed by atoms with Crippen molar-refractivity contribution in [2.24, 2.45) is 67.0 Å². The molecule has 2 aliphatic rings. The van der Waals surface area contributed by atoms with Gasteiger partial charge in [-0.05, 0) is 178 Å². The second-order valence-electron chi connectivity index (χ2n) is 47.0. The summed E-state index contributed by atoms with van der Waals surface area (Å²) in [5.41, 5.74) is 11.3. The minimum Gasteiger partial charge on any atom is -0.469 e. The van der Waals surface area contributed by atoms with Gasteiger partial charge in [0.25, 0.3) is 0 Å². The first-order valence-corrected chi connectivity index (χ1v) is 50.3. The van der Waals surface area contributed by atoms with Crippen molar-refractivity contribution in [1.82, 2.24) is 0 Å². The first-order valence-electron chi connectivity index (χ1n) is 47.1. The van der Waals surface area contributed by atoms with E-state index in [9.17, 15) is 4.39 Å². The van der Waals surface area contributed by atoms with Crippen molar-refractivity contribution in [2.75, 3.05) is 19.4 Å². The number of thiophene rings is 1. The molecule has 5 heteroatoms. The Morgan fingerprint density at radius 2 is 0.610 bits per heavy atom. The first-order chi connectivity index (χ1) is 54.6. The molecule has 6 aromatic rings. The van der Waals surface area contributed by atoms with E-state index >= 15 is 0 Å². The molecule has 8 rings (SSSR count). The number of halogens is 3. The molecule has 2 heterocycles. The van der Waals surface area contributed by atoms with E-state index in [1.54, 1.807) is 6.26 Å². The Morgan fingerprint density at radius 3 is 0.675 bits per heavy atom. The number of rotatable bonds is 2. The van der Waals surface area contributed by atoms with Crippen LogP contribution < -0.4 is 0 Å². The van der Waals surface area contributed by atoms with E-state index in [-0.39, 0.29) is 20.3 Å². The third-order valence-corrected chi connectivity index (χ3v) is 20.9. The minimum atomic E-state index is 0. The van der Waals surface area contributed by atoms with Gasteiger partial charge in [0.1, 0.15) is 5.76 Å². The van der Waals surface area contributed by atoms with Crippen LogP contribution in [0.4, 0.5) is 4.39 Å². The summed E-state index contributed by atoms with van der Waals surface area (Å²) in [5.74, 6) is 6.60. The Labute approximate surface area is 797 Å². The van der Waals surface area contributed by atoms with Gasteiger partial charge in [0.2, 0.25) is 0 Å². The zero-order valence-electron chi connectivity index (χ0n) is 92.6. The van der Waals surface area contributed by atoms with Crippen LogP contribution in [0, 0.1) is 67.0 Å². The van der Waals surface area contributed by atoms with Gasteiger partial charge in [-0.3, -0.25) is 4.39 Å². The highest BCUT2D eigenvalue weighted by molar-refractivity contribution is 9.08. The van der Waals surface area contributed by atoms with E-state index in [0.29, 0.717) is 77.6 Å². The second-order valence-corrected chi connectivity index (χ2v) is 47.9. The second kappa shape index (κ2) is 75.3. The molecule has 2 aromatic heterocycles. The van der Waals surface area contributed by atoms with Crippen molar-refractivity contribution < 1.29 is 8.81 Å². The largest absolute Gasteiger partial charge is 0.469 e. The molecule has 4 aromatic carbocycles. The van der Waals surface area contributed by atoms with E-state index in [0.717, 1.165) is 29.4 Å². The summed E-state index contributed by atoms with van der Waals surface area (Å²) < 4.78 is 14.7. The zero-order chi connectivity index (χ0) is 98.9. The SMILES string of the molecule is C.C.CBr.CC.CC.CC.CC.CC(C)(C)C(C)(C)C.CC(C)(C)C1CCC1.CC(C)(C)CC(C)(C)C.CC(C)(C)CC1CCC1.CC(C)(C)c1ccccc1.CC(C)(C)c1ccccc1.CC(C)(C)c1ccccc1.CC(C)(C)c1ccccc1.CC(C)(C)c1ccco1.CC(C)(C)c1cccs1.CC(C)C(C)(C)C.CC(C)CC(C)(C)C.CCl.CF. The molecule has 0 amide bonds. The molecule has 0 bridgehead atoms. The smallest absolute Gasteiger partial charge is 0.109 e. The molecule has 0 aliphatic heterocycles. The Bertz CT molecular complexity index is 2750. The highest BCUT2D eigenvalue weighted by Crippen LogP contribution is 2.41. The van der Waals surface area contributed by atoms with E-state index in [2.05, 4.69) is 485 Å². The van der Waals surface area contributed by atoms with Gasteiger partial charge in [-0.25, -0.2) is 0 Å². The van der Waals surface area contributed by atoms with Gasteiger partial charge in [0.15, 0.2) is 0 Å². The molecular weight excluding hydrogens is 1600 g/mol. The summed E-state index contributed by atoms with van der Waals surface area (Å²) in [4.78, 5) is 1.46. The topological polar surface area (TPSA) is 13.1 Å². The molecule has 2 fully saturated rings. The van der Waals surface area contributed by atoms with Crippen LogP contribution in [0.25, 0.3) is 0 Å². The predicted octanol–water partition coefficient (Wildman–Crippen LogP) is 43.8. The highest BCUT2D eigenvalue weighted by Gasteiger charge is 2.30. The predicted molar refractivity (Wildman–Crippen MR) is 587 cm³/mol. The van der Waals surface area contributed by atoms with Gasteiger partial charge >= 0.3 is 0 Å². The van der Waals surface area contributed by atoms with Gasteiger partial charge in [-0.2, -0.15) is 0 Å². The first kappa shape index (κ1) is 148. The quantitative estimate of drug-likeness (QED) is 0.158. The maximum Gasteiger partial charge on any atom is 0.109 e. The summed E-state index contributed by atoms with van der Waals surface area (Å²) >= 11 is 9.41. The molecule has 0 spiro atoms. The highest BCUT2D eigenvalue weighted by atomic mass is 79.9. The molecular formula is C118H227BrClFOS. The van der Waals surface area contributed by atoms with Gasteiger partial charge in [0.05, 0.1) is 13.4 Å². The molecule has 0 N–H and O–H groups in total. The van der Waals surface area contributed by atoms with E-state index in [1.807, 2.05) is 84.7 Å². The molecule has 1 nitrogen and oxygen atoms in total. The summed E-state index contributed by atoms with van der Waals surface area (Å²) in [6.07, 6.45) is 16.1. The lowest BCUT2D eigenvalue weighted by atomic mass is 9.69. The number of hydrogen-bond donors (Lipinski definition) is 0. The number of alkyl halides is 3. The average molecular weight is 1830 g/mol. The third kappa shape index (κ3) is 99.0. The van der Waals surface area contributed by atoms with Crippen molar-refractivity contribution in [1.29, 1.82) is 0 Å². The van der Waals surface area contributed by atoms with Crippen LogP contribution in [0.5, 0.6) is 0 Å². The molecule has 732 valence electrons. The number of hydrogen-bond acceptors (Lipinski definition) is 2. The van der Waals surface area contributed by atoms with Crippen LogP contribution >= 0.6 is 38.9 Å². The molecule has 123 heavy (non-hydrogen) atoms. The Hall–Kier alpha value is -3.44. The Kier molecular flexibility index (Phi) is 90.6. The fourth-order valence-electron chi connectivity index (χ4n) is 10.8. The molecule has 0 unspecified atom stereocenters. The summed E-state index contributed by atoms with van der Waals surface area (Å²) in [6, 6.07) is 50.4. The normalized spacial score (nSPS) is 12.4. The van der Waals surface area contributed by atoms with Gasteiger partial charge in [-0.1, -0.05) is 558 Å². The molecule has 2 aliphatic carbocycles. The van der Waals surface area contributed by atoms with Crippen LogP contribution in [0.3, 0.4) is 0 Å². The van der Waals surface area contributed by atoms with E-state index < -0.39 is 0 Å². The van der Waals surface area contributed by atoms with Gasteiger partial charge < -0.3 is 4.42 Å². The number of furan rings is 1. The van der Waals surface area contributed by atoms with Crippen molar-refractivity contribution >= 4 is 38.9 Å². The van der Waals surface area contributed by atoms with E-state index in [4.69, 9.17) is 4.42 Å². The van der Waals surface area contributed by atoms with Crippen molar-refractivity contribution in [3.05, 3.63) is 190 Å². The minimum absolute atomic E-state index is 0. The summed E-state index contributed by atoms with van der Waals surface area (Å²) in [7, 11) is 0.500. The van der Waals surface area contributed by atoms with E-state index in [1.165, 1.54) is 91.3 Å². The fraction of sp³-hybridized carbons (Fsp3) is 0.729. The standard InChI is InChI=1S/4C10H14.C9H18.C9H20.C8H12O.C8H12S.C8H16.2C8H18.C7H16.4C2H6.CH3Br.CH3Cl.CH3F.2CH4/c4*1-10(2,3)9-7-5-4-6-8-9;1-9(2,3)7-8-5-4-6-8;1-8(2,3)7-9(4,5)6;2*1-8(2,3)7-5-4-6-9-7;1-8(2,3)7-5-4-6-7;1-7(2)6-8(3,4)5;1-7(2,3)8(4,5)6;1-6(2)7(3,4)5;7*1-2;;/h4*4-8H,1-3H3;8H,4-7H2,1-3H3;7H2,1-6H3;2*4-6H,1-3H3;7H,4-6H2,1-3H3;7H,6H2,1-5H3;1-6H3;6H,1-5H3;4*1-2H3;3*1H3;2*1H4. The van der Waals surface area contributed by atoms with Crippen molar-refractivity contribution in [3.8, 4) is 0 Å². The van der Waals surface area contributed by atoms with Crippen LogP contribution in [0.2, 0.25) is 0 Å². The van der Waals surface area contributed by atoms with Crippen molar-refractivity contribution in [2.45, 2.75) is 479 Å². The van der Waals surface area contributed by atoms with Crippen LogP contribution in [0.15, 0.2) is 162 Å². The maximum absolute atomic E-state index is 9.50. The monoisotopic (exact) mass is 1830 g/mol. The lowest BCUT2D eigenvalue weighted by molar-refractivity contribution is 0.141. The lowest BCUT2D eigenvalue weighted by Gasteiger charge is -2.37. The maximum atomic E-state index is 9.50. The zero-order valence-corrected chi connectivity index (χ0v) is 95.8. The summed E-state index contributed by atoms with van der Waals surface area (Å²) in [5, 5.41) is 2.13. The average Bonchev–Trinajstić information content (AvgIpc) is 1.67. The Balaban J connectivity index is -0.0000000962. The molecule has 0 saturated heterocycles. The molecule has 0 atom stereocenters. The Morgan fingerprint density at radius 1 is 0.350 bits per heavy atom. The fourth-order valence-corrected chi connectivity index (χ4v) is 11.6. The summed E-state index contributed by atoms with van der Waals surface area (Å²) in [6.45, 7) is 120.